The first-order valence-corrected chi connectivity index (χ1v) is 7.55. The van der Waals surface area contributed by atoms with E-state index in [1.807, 2.05) is 0 Å². The van der Waals surface area contributed by atoms with Crippen molar-refractivity contribution >= 4 is 10.0 Å². The lowest BCUT2D eigenvalue weighted by atomic mass is 10.1. The van der Waals surface area contributed by atoms with Crippen LogP contribution in [0.3, 0.4) is 0 Å². The number of rotatable bonds is 5. The first-order valence-electron chi connectivity index (χ1n) is 6.07. The summed E-state index contributed by atoms with van der Waals surface area (Å²) >= 11 is 0. The van der Waals surface area contributed by atoms with Crippen LogP contribution in [0.5, 0.6) is 0 Å². The number of sulfonamides is 1. The van der Waals surface area contributed by atoms with Crippen LogP contribution < -0.4 is 4.72 Å². The van der Waals surface area contributed by atoms with Crippen LogP contribution in [0.25, 0.3) is 0 Å². The zero-order valence-corrected chi connectivity index (χ0v) is 12.0. The van der Waals surface area contributed by atoms with E-state index in [2.05, 4.69) is 9.88 Å². The fourth-order valence-electron chi connectivity index (χ4n) is 1.95. The molecule has 1 N–H and O–H groups in total. The molecule has 2 rings (SSSR count). The number of hydrogen-bond acceptors (Lipinski definition) is 4. The van der Waals surface area contributed by atoms with Gasteiger partial charge >= 0.3 is 0 Å². The molecule has 7 heteroatoms. The van der Waals surface area contributed by atoms with Crippen molar-refractivity contribution in [3.05, 3.63) is 47.1 Å². The van der Waals surface area contributed by atoms with E-state index in [0.717, 1.165) is 5.56 Å². The smallest absolute Gasteiger partial charge is 0.245 e. The van der Waals surface area contributed by atoms with Gasteiger partial charge in [-0.1, -0.05) is 17.3 Å². The van der Waals surface area contributed by atoms with Crippen LogP contribution in [-0.2, 0) is 16.4 Å². The molecule has 1 heterocycles. The Labute approximate surface area is 116 Å². The maximum atomic E-state index is 13.0. The van der Waals surface area contributed by atoms with Crippen molar-refractivity contribution < 1.29 is 17.3 Å². The van der Waals surface area contributed by atoms with E-state index in [9.17, 15) is 12.8 Å². The zero-order valence-electron chi connectivity index (χ0n) is 11.2. The van der Waals surface area contributed by atoms with E-state index in [1.54, 1.807) is 26.0 Å². The van der Waals surface area contributed by atoms with E-state index in [4.69, 9.17) is 4.52 Å². The van der Waals surface area contributed by atoms with Crippen molar-refractivity contribution in [2.24, 2.45) is 0 Å². The standard InChI is InChI=1S/C13H15FN2O3S/c1-9-13(10(2)19-16-9)20(17,18)15-7-6-11-4-3-5-12(14)8-11/h3-5,8,15H,6-7H2,1-2H3. The van der Waals surface area contributed by atoms with Gasteiger partial charge < -0.3 is 4.52 Å². The summed E-state index contributed by atoms with van der Waals surface area (Å²) in [6, 6.07) is 6.06. The van der Waals surface area contributed by atoms with Crippen molar-refractivity contribution in [2.75, 3.05) is 6.54 Å². The second-order valence-corrected chi connectivity index (χ2v) is 6.13. The molecule has 1 aromatic heterocycles. The molecule has 0 aliphatic carbocycles. The third kappa shape index (κ3) is 3.23. The predicted octanol–water partition coefficient (Wildman–Crippen LogP) is 1.95. The van der Waals surface area contributed by atoms with Gasteiger partial charge in [0.1, 0.15) is 16.4 Å². The highest BCUT2D eigenvalue weighted by molar-refractivity contribution is 7.89. The minimum atomic E-state index is -3.66. The van der Waals surface area contributed by atoms with Crippen molar-refractivity contribution in [1.82, 2.24) is 9.88 Å². The van der Waals surface area contributed by atoms with Crippen LogP contribution in [0.2, 0.25) is 0 Å². The predicted molar refractivity (Wildman–Crippen MR) is 71.3 cm³/mol. The highest BCUT2D eigenvalue weighted by atomic mass is 32.2. The van der Waals surface area contributed by atoms with Gasteiger partial charge in [-0.05, 0) is 38.0 Å². The monoisotopic (exact) mass is 298 g/mol. The molecule has 0 amide bonds. The maximum Gasteiger partial charge on any atom is 0.245 e. The highest BCUT2D eigenvalue weighted by Crippen LogP contribution is 2.18. The van der Waals surface area contributed by atoms with Gasteiger partial charge in [0.2, 0.25) is 10.0 Å². The van der Waals surface area contributed by atoms with Crippen molar-refractivity contribution in [2.45, 2.75) is 25.2 Å². The molecule has 5 nitrogen and oxygen atoms in total. The Morgan fingerprint density at radius 2 is 2.10 bits per heavy atom. The SMILES string of the molecule is Cc1noc(C)c1S(=O)(=O)NCCc1cccc(F)c1. The fraction of sp³-hybridized carbons (Fsp3) is 0.308. The number of benzene rings is 1. The summed E-state index contributed by atoms with van der Waals surface area (Å²) in [6.45, 7) is 3.29. The molecule has 0 aliphatic rings. The van der Waals surface area contributed by atoms with Crippen molar-refractivity contribution in [1.29, 1.82) is 0 Å². The zero-order chi connectivity index (χ0) is 14.8. The van der Waals surface area contributed by atoms with Crippen LogP contribution in [0.4, 0.5) is 4.39 Å². The van der Waals surface area contributed by atoms with Gasteiger partial charge in [0.05, 0.1) is 0 Å². The molecule has 0 spiro atoms. The topological polar surface area (TPSA) is 72.2 Å². The number of nitrogens with one attached hydrogen (secondary N) is 1. The van der Waals surface area contributed by atoms with Crippen LogP contribution in [-0.4, -0.2) is 20.1 Å². The van der Waals surface area contributed by atoms with E-state index in [1.165, 1.54) is 12.1 Å². The Morgan fingerprint density at radius 1 is 1.35 bits per heavy atom. The quantitative estimate of drug-likeness (QED) is 0.915. The maximum absolute atomic E-state index is 13.0. The van der Waals surface area contributed by atoms with Crippen molar-refractivity contribution in [3.8, 4) is 0 Å². The number of aromatic nitrogens is 1. The largest absolute Gasteiger partial charge is 0.360 e. The average molecular weight is 298 g/mol. The molecule has 108 valence electrons. The lowest BCUT2D eigenvalue weighted by Crippen LogP contribution is -2.26. The Balaban J connectivity index is 2.04. The molecule has 0 saturated heterocycles. The first-order chi connectivity index (χ1) is 9.40. The number of halogens is 1. The minimum Gasteiger partial charge on any atom is -0.360 e. The van der Waals surface area contributed by atoms with E-state index in [0.29, 0.717) is 12.1 Å². The third-order valence-electron chi connectivity index (χ3n) is 2.83. The van der Waals surface area contributed by atoms with Gasteiger partial charge in [-0.3, -0.25) is 0 Å². The number of aryl methyl sites for hydroxylation is 2. The molecule has 1 aromatic carbocycles. The molecular weight excluding hydrogens is 283 g/mol. The molecule has 0 saturated carbocycles. The van der Waals surface area contributed by atoms with E-state index >= 15 is 0 Å². The average Bonchev–Trinajstić information content (AvgIpc) is 2.69. The Morgan fingerprint density at radius 3 is 2.70 bits per heavy atom. The number of hydrogen-bond donors (Lipinski definition) is 1. The number of nitrogens with zero attached hydrogens (tertiary/aromatic N) is 1. The molecule has 0 unspecified atom stereocenters. The fourth-order valence-corrected chi connectivity index (χ4v) is 3.31. The summed E-state index contributed by atoms with van der Waals surface area (Å²) in [4.78, 5) is 0.0664. The normalized spacial score (nSPS) is 11.8. The van der Waals surface area contributed by atoms with E-state index in [-0.39, 0.29) is 23.0 Å². The summed E-state index contributed by atoms with van der Waals surface area (Å²) in [5.41, 5.74) is 1.05. The summed E-state index contributed by atoms with van der Waals surface area (Å²) < 4.78 is 44.5. The van der Waals surface area contributed by atoms with Crippen LogP contribution >= 0.6 is 0 Å². The summed E-state index contributed by atoms with van der Waals surface area (Å²) in [5, 5.41) is 3.62. The van der Waals surface area contributed by atoms with Gasteiger partial charge in [0, 0.05) is 6.54 Å². The second-order valence-electron chi connectivity index (χ2n) is 4.43. The second kappa shape index (κ2) is 5.72. The van der Waals surface area contributed by atoms with E-state index < -0.39 is 10.0 Å². The highest BCUT2D eigenvalue weighted by Gasteiger charge is 2.23. The minimum absolute atomic E-state index is 0.0664. The first kappa shape index (κ1) is 14.7. The van der Waals surface area contributed by atoms with Gasteiger partial charge in [-0.2, -0.15) is 0 Å². The summed E-state index contributed by atoms with van der Waals surface area (Å²) in [5.74, 6) is -0.0863. The van der Waals surface area contributed by atoms with Crippen LogP contribution in [0, 0.1) is 19.7 Å². The molecule has 0 bridgehead atoms. The van der Waals surface area contributed by atoms with Gasteiger partial charge in [-0.25, -0.2) is 17.5 Å². The molecule has 0 radical (unpaired) electrons. The molecular formula is C13H15FN2O3S. The summed E-state index contributed by atoms with van der Waals surface area (Å²) in [6.07, 6.45) is 0.403. The molecule has 0 atom stereocenters. The summed E-state index contributed by atoms with van der Waals surface area (Å²) in [7, 11) is -3.66. The molecule has 0 aliphatic heterocycles. The Hall–Kier alpha value is -1.73. The van der Waals surface area contributed by atoms with Crippen molar-refractivity contribution in [3.63, 3.8) is 0 Å². The van der Waals surface area contributed by atoms with Gasteiger partial charge in [0.15, 0.2) is 5.76 Å². The Bertz CT molecular complexity index is 691. The van der Waals surface area contributed by atoms with Gasteiger partial charge in [0.25, 0.3) is 0 Å². The molecule has 2 aromatic rings. The lowest BCUT2D eigenvalue weighted by Gasteiger charge is -2.06. The molecule has 20 heavy (non-hydrogen) atoms. The Kier molecular flexibility index (Phi) is 4.20. The van der Waals surface area contributed by atoms with Crippen LogP contribution in [0.1, 0.15) is 17.0 Å². The lowest BCUT2D eigenvalue weighted by molar-refractivity contribution is 0.390. The van der Waals surface area contributed by atoms with Crippen LogP contribution in [0.15, 0.2) is 33.7 Å². The van der Waals surface area contributed by atoms with Gasteiger partial charge in [-0.15, -0.1) is 0 Å². The molecule has 0 fully saturated rings. The third-order valence-corrected chi connectivity index (χ3v) is 4.54.